The molecule has 0 aliphatic carbocycles. The van der Waals surface area contributed by atoms with Gasteiger partial charge in [-0.25, -0.2) is 0 Å². The molecule has 0 saturated carbocycles. The van der Waals surface area contributed by atoms with E-state index in [-0.39, 0.29) is 29.6 Å². The molecule has 2 aliphatic rings. The molecule has 3 aromatic carbocycles. The van der Waals surface area contributed by atoms with Crippen LogP contribution in [0.15, 0.2) is 66.7 Å². The third kappa shape index (κ3) is 5.20. The molecule has 2 atom stereocenters. The molecule has 2 amide bonds. The van der Waals surface area contributed by atoms with Crippen molar-refractivity contribution in [3.05, 3.63) is 105 Å². The molecule has 1 fully saturated rings. The van der Waals surface area contributed by atoms with Crippen molar-refractivity contribution in [2.24, 2.45) is 5.92 Å². The summed E-state index contributed by atoms with van der Waals surface area (Å²) in [6, 6.07) is 17.5. The van der Waals surface area contributed by atoms with E-state index in [1.807, 2.05) is 24.3 Å². The fourth-order valence-electron chi connectivity index (χ4n) is 5.25. The molecule has 4 nitrogen and oxygen atoms in total. The Labute approximate surface area is 222 Å². The van der Waals surface area contributed by atoms with Crippen LogP contribution in [0.5, 0.6) is 0 Å². The van der Waals surface area contributed by atoms with Gasteiger partial charge < -0.3 is 9.80 Å². The molecule has 2 unspecified atom stereocenters. The van der Waals surface area contributed by atoms with Gasteiger partial charge in [-0.3, -0.25) is 9.59 Å². The standard InChI is InChI=1S/C28H23Cl2F3N2O2/c29-21-8-9-22(25(30)13-21)26(36)35-15-23(18-6-3-7-20(12-18)28(31,32)33)24(16-35)27(37)34-11-10-17-4-1-2-5-19(17)14-34/h1-9,12-13,23-24H,10-11,14-16H2. The minimum Gasteiger partial charge on any atom is -0.338 e. The first kappa shape index (κ1) is 25.6. The molecule has 2 aliphatic heterocycles. The summed E-state index contributed by atoms with van der Waals surface area (Å²) in [4.78, 5) is 30.4. The number of nitrogens with zero attached hydrogens (tertiary/aromatic N) is 2. The lowest BCUT2D eigenvalue weighted by atomic mass is 9.86. The van der Waals surface area contributed by atoms with Crippen LogP contribution < -0.4 is 0 Å². The number of rotatable bonds is 3. The summed E-state index contributed by atoms with van der Waals surface area (Å²) in [5, 5.41) is 0.554. The summed E-state index contributed by atoms with van der Waals surface area (Å²) >= 11 is 12.2. The lowest BCUT2D eigenvalue weighted by Crippen LogP contribution is -2.42. The number of carbonyl (C=O) groups is 2. The highest BCUT2D eigenvalue weighted by Crippen LogP contribution is 2.39. The van der Waals surface area contributed by atoms with Crippen molar-refractivity contribution in [3.63, 3.8) is 0 Å². The predicted molar refractivity (Wildman–Crippen MR) is 136 cm³/mol. The number of benzene rings is 3. The van der Waals surface area contributed by atoms with Crippen LogP contribution >= 0.6 is 23.2 Å². The van der Waals surface area contributed by atoms with Crippen LogP contribution in [-0.2, 0) is 23.9 Å². The number of carbonyl (C=O) groups excluding carboxylic acids is 2. The minimum absolute atomic E-state index is 0.0790. The second-order valence-corrected chi connectivity index (χ2v) is 10.3. The molecule has 9 heteroatoms. The van der Waals surface area contributed by atoms with E-state index < -0.39 is 29.5 Å². The first-order chi connectivity index (χ1) is 17.6. The fraction of sp³-hybridized carbons (Fsp3) is 0.286. The maximum Gasteiger partial charge on any atom is 0.416 e. The van der Waals surface area contributed by atoms with Crippen molar-refractivity contribution in [3.8, 4) is 0 Å². The normalized spacial score (nSPS) is 19.6. The SMILES string of the molecule is O=C(c1ccc(Cl)cc1Cl)N1CC(C(=O)N2CCc3ccccc3C2)C(c2cccc(C(F)(F)F)c2)C1. The quantitative estimate of drug-likeness (QED) is 0.378. The zero-order valence-electron chi connectivity index (χ0n) is 19.6. The number of halogens is 5. The van der Waals surface area contributed by atoms with Crippen LogP contribution in [0.4, 0.5) is 13.2 Å². The topological polar surface area (TPSA) is 40.6 Å². The van der Waals surface area contributed by atoms with E-state index in [9.17, 15) is 22.8 Å². The first-order valence-electron chi connectivity index (χ1n) is 11.9. The van der Waals surface area contributed by atoms with Crippen LogP contribution in [0.3, 0.4) is 0 Å². The van der Waals surface area contributed by atoms with E-state index in [1.165, 1.54) is 28.7 Å². The van der Waals surface area contributed by atoms with E-state index in [1.54, 1.807) is 17.0 Å². The molecular formula is C28H23Cl2F3N2O2. The molecule has 3 aromatic rings. The molecular weight excluding hydrogens is 524 g/mol. The molecule has 0 N–H and O–H groups in total. The predicted octanol–water partition coefficient (Wildman–Crippen LogP) is 6.45. The molecule has 1 saturated heterocycles. The van der Waals surface area contributed by atoms with Gasteiger partial charge >= 0.3 is 6.18 Å². The van der Waals surface area contributed by atoms with Crippen molar-refractivity contribution in [2.45, 2.75) is 25.1 Å². The van der Waals surface area contributed by atoms with E-state index in [2.05, 4.69) is 0 Å². The summed E-state index contributed by atoms with van der Waals surface area (Å²) in [6.45, 7) is 1.12. The van der Waals surface area contributed by atoms with Crippen molar-refractivity contribution in [1.29, 1.82) is 0 Å². The van der Waals surface area contributed by atoms with Gasteiger partial charge in [-0.15, -0.1) is 0 Å². The smallest absolute Gasteiger partial charge is 0.338 e. The first-order valence-corrected chi connectivity index (χ1v) is 12.6. The summed E-state index contributed by atoms with van der Waals surface area (Å²) in [5.74, 6) is -1.85. The van der Waals surface area contributed by atoms with Gasteiger partial charge in [-0.1, -0.05) is 65.7 Å². The van der Waals surface area contributed by atoms with Gasteiger partial charge in [0, 0.05) is 37.1 Å². The summed E-state index contributed by atoms with van der Waals surface area (Å²) < 4.78 is 40.4. The Bertz CT molecular complexity index is 1360. The summed E-state index contributed by atoms with van der Waals surface area (Å²) in [6.07, 6.45) is -3.82. The second kappa shape index (κ2) is 10.0. The van der Waals surface area contributed by atoms with Crippen LogP contribution in [0.25, 0.3) is 0 Å². The van der Waals surface area contributed by atoms with Gasteiger partial charge in [0.1, 0.15) is 0 Å². The Hall–Kier alpha value is -3.03. The molecule has 2 heterocycles. The van der Waals surface area contributed by atoms with E-state index >= 15 is 0 Å². The molecule has 0 bridgehead atoms. The second-order valence-electron chi connectivity index (χ2n) is 9.45. The van der Waals surface area contributed by atoms with Crippen LogP contribution in [0, 0.1) is 5.92 Å². The summed E-state index contributed by atoms with van der Waals surface area (Å²) in [7, 11) is 0. The Morgan fingerprint density at radius 3 is 2.35 bits per heavy atom. The van der Waals surface area contributed by atoms with Crippen LogP contribution in [-0.4, -0.2) is 41.2 Å². The molecule has 5 rings (SSSR count). The van der Waals surface area contributed by atoms with Crippen LogP contribution in [0.1, 0.15) is 38.5 Å². The number of hydrogen-bond donors (Lipinski definition) is 0. The highest BCUT2D eigenvalue weighted by molar-refractivity contribution is 6.36. The number of likely N-dealkylation sites (tertiary alicyclic amines) is 1. The third-order valence-corrected chi connectivity index (χ3v) is 7.72. The van der Waals surface area contributed by atoms with Gasteiger partial charge in [0.05, 0.1) is 22.1 Å². The number of hydrogen-bond acceptors (Lipinski definition) is 2. The molecule has 37 heavy (non-hydrogen) atoms. The van der Waals surface area contributed by atoms with Gasteiger partial charge in [-0.2, -0.15) is 13.2 Å². The molecule has 0 aromatic heterocycles. The van der Waals surface area contributed by atoms with E-state index in [0.29, 0.717) is 30.1 Å². The minimum atomic E-state index is -4.52. The van der Waals surface area contributed by atoms with Gasteiger partial charge in [0.2, 0.25) is 5.91 Å². The summed E-state index contributed by atoms with van der Waals surface area (Å²) in [5.41, 5.74) is 2.06. The largest absolute Gasteiger partial charge is 0.416 e. The van der Waals surface area contributed by atoms with Gasteiger partial charge in [-0.05, 0) is 47.4 Å². The Morgan fingerprint density at radius 1 is 0.865 bits per heavy atom. The monoisotopic (exact) mass is 546 g/mol. The zero-order chi connectivity index (χ0) is 26.3. The highest BCUT2D eigenvalue weighted by atomic mass is 35.5. The Kier molecular flexibility index (Phi) is 6.94. The van der Waals surface area contributed by atoms with Gasteiger partial charge in [0.25, 0.3) is 5.91 Å². The maximum absolute atomic E-state index is 13.8. The molecule has 0 radical (unpaired) electrons. The van der Waals surface area contributed by atoms with Crippen molar-refractivity contribution < 1.29 is 22.8 Å². The third-order valence-electron chi connectivity index (χ3n) is 7.17. The fourth-order valence-corrected chi connectivity index (χ4v) is 5.74. The molecule has 192 valence electrons. The van der Waals surface area contributed by atoms with E-state index in [0.717, 1.165) is 17.7 Å². The molecule has 0 spiro atoms. The van der Waals surface area contributed by atoms with Crippen molar-refractivity contribution in [2.75, 3.05) is 19.6 Å². The van der Waals surface area contributed by atoms with Crippen molar-refractivity contribution in [1.82, 2.24) is 9.80 Å². The average molecular weight is 547 g/mol. The van der Waals surface area contributed by atoms with E-state index in [4.69, 9.17) is 23.2 Å². The van der Waals surface area contributed by atoms with Crippen molar-refractivity contribution >= 4 is 35.0 Å². The lowest BCUT2D eigenvalue weighted by Gasteiger charge is -2.32. The average Bonchev–Trinajstić information content (AvgIpc) is 3.33. The highest BCUT2D eigenvalue weighted by Gasteiger charge is 2.43. The van der Waals surface area contributed by atoms with Crippen LogP contribution in [0.2, 0.25) is 10.0 Å². The number of fused-ring (bicyclic) bond motifs is 1. The van der Waals surface area contributed by atoms with Gasteiger partial charge in [0.15, 0.2) is 0 Å². The number of amides is 2. The Morgan fingerprint density at radius 2 is 1.62 bits per heavy atom. The number of alkyl halides is 3. The maximum atomic E-state index is 13.8. The zero-order valence-corrected chi connectivity index (χ0v) is 21.2. The Balaban J connectivity index is 1.47. The lowest BCUT2D eigenvalue weighted by molar-refractivity contribution is -0.137.